The molecule has 0 saturated carbocycles. The van der Waals surface area contributed by atoms with Gasteiger partial charge in [-0.15, -0.1) is 0 Å². The van der Waals surface area contributed by atoms with Crippen LogP contribution in [0.2, 0.25) is 0 Å². The predicted octanol–water partition coefficient (Wildman–Crippen LogP) is 18.2. The quantitative estimate of drug-likeness (QED) is 0.121. The van der Waals surface area contributed by atoms with Crippen LogP contribution < -0.4 is 15.8 Å². The molecule has 10 aromatic rings. The average molecular weight is 945 g/mol. The molecule has 12 rings (SSSR count). The van der Waals surface area contributed by atoms with Gasteiger partial charge in [0, 0.05) is 60.8 Å². The second-order valence-electron chi connectivity index (χ2n) is 27.9. The Hall–Kier alpha value is -6.26. The molecule has 364 valence electrons. The van der Waals surface area contributed by atoms with Crippen LogP contribution in [0.4, 0.5) is 17.1 Å². The molecule has 0 fully saturated rings. The lowest BCUT2D eigenvalue weighted by Gasteiger charge is -2.42. The number of nitrogens with zero attached hydrogens (tertiary/aromatic N) is 2. The third kappa shape index (κ3) is 6.76. The lowest BCUT2D eigenvalue weighted by Crippen LogP contribution is -2.56. The molecule has 0 amide bonds. The highest BCUT2D eigenvalue weighted by molar-refractivity contribution is 6.90. The van der Waals surface area contributed by atoms with E-state index in [1.165, 1.54) is 116 Å². The molecule has 0 N–H and O–H groups in total. The Morgan fingerprint density at radius 3 is 1.49 bits per heavy atom. The highest BCUT2D eigenvalue weighted by Crippen LogP contribution is 2.53. The minimum atomic E-state index is -0.165. The molecule has 0 spiro atoms. The number of rotatable bonds is 1. The summed E-state index contributed by atoms with van der Waals surface area (Å²) in [6.07, 6.45) is 0. The first-order chi connectivity index (χ1) is 33.5. The zero-order valence-electron chi connectivity index (χ0n) is 46.3. The first-order valence-corrected chi connectivity index (χ1v) is 26.6. The Labute approximate surface area is 428 Å². The molecule has 2 aliphatic heterocycles. The normalized spacial score (nSPS) is 14.5. The number of para-hydroxylation sites is 1. The van der Waals surface area contributed by atoms with E-state index in [0.29, 0.717) is 0 Å². The largest absolute Gasteiger partial charge is 0.455 e. The molecule has 2 aliphatic rings. The van der Waals surface area contributed by atoms with Gasteiger partial charge in [-0.25, -0.2) is 0 Å². The lowest BCUT2D eigenvalue weighted by molar-refractivity contribution is 0.568. The Bertz CT molecular complexity index is 3950. The van der Waals surface area contributed by atoms with E-state index in [2.05, 4.69) is 249 Å². The zero-order chi connectivity index (χ0) is 51.3. The number of benzene rings is 8. The maximum Gasteiger partial charge on any atom is 0.333 e. The second kappa shape index (κ2) is 14.7. The van der Waals surface area contributed by atoms with E-state index in [-0.39, 0.29) is 39.3 Å². The van der Waals surface area contributed by atoms with Gasteiger partial charge in [-0.1, -0.05) is 185 Å². The first kappa shape index (κ1) is 46.8. The molecule has 3 nitrogen and oxygen atoms in total. The Balaban J connectivity index is 1.37. The second-order valence-corrected chi connectivity index (χ2v) is 27.9. The van der Waals surface area contributed by atoms with Gasteiger partial charge in [0.2, 0.25) is 0 Å². The van der Waals surface area contributed by atoms with Crippen LogP contribution in [0.1, 0.15) is 158 Å². The highest BCUT2D eigenvalue weighted by atomic mass is 16.3. The molecule has 0 bridgehead atoms. The van der Waals surface area contributed by atoms with Crippen molar-refractivity contribution in [1.29, 1.82) is 0 Å². The van der Waals surface area contributed by atoms with Crippen molar-refractivity contribution in [3.8, 4) is 11.1 Å². The zero-order valence-corrected chi connectivity index (χ0v) is 46.3. The first-order valence-electron chi connectivity index (χ1n) is 26.6. The predicted molar refractivity (Wildman–Crippen MR) is 314 cm³/mol. The summed E-state index contributed by atoms with van der Waals surface area (Å²) in [4.78, 5) is 2.69. The standard InChI is InChI=1S/C68H73BN2O/c1-63(2,3)38-27-28-53-46(32-38)49-33-41(66(10,11)12)34-51-57-60-55(37-50-43-23-21-22-26-56(43)72-62(50)57)70(42-30-39(64(4,5)6)29-40(31-42)65(7,8)9)54-36-48-47(35-52(54)69(60)71(53)61(49)51)58(67(13,14)15)44-24-19-20-25-45(44)59(48)68(16,17)18/h19-37H,1-18H3. The van der Waals surface area contributed by atoms with E-state index in [9.17, 15) is 0 Å². The molecule has 0 aliphatic carbocycles. The summed E-state index contributed by atoms with van der Waals surface area (Å²) in [6.45, 7) is 42.6. The molecule has 0 atom stereocenters. The smallest absolute Gasteiger partial charge is 0.333 e. The summed E-state index contributed by atoms with van der Waals surface area (Å²) in [7, 11) is 0. The van der Waals surface area contributed by atoms with E-state index in [1.807, 2.05) is 0 Å². The van der Waals surface area contributed by atoms with E-state index >= 15 is 0 Å². The lowest BCUT2D eigenvalue weighted by atomic mass is 9.44. The molecule has 0 unspecified atom stereocenters. The molecule has 4 heterocycles. The van der Waals surface area contributed by atoms with Crippen LogP contribution in [0, 0.1) is 0 Å². The molecule has 72 heavy (non-hydrogen) atoms. The van der Waals surface area contributed by atoms with Gasteiger partial charge < -0.3 is 13.8 Å². The third-order valence-electron chi connectivity index (χ3n) is 16.5. The van der Waals surface area contributed by atoms with E-state index in [0.717, 1.165) is 21.9 Å². The summed E-state index contributed by atoms with van der Waals surface area (Å²) in [5.74, 6) is 0. The van der Waals surface area contributed by atoms with Crippen LogP contribution in [0.5, 0.6) is 0 Å². The summed E-state index contributed by atoms with van der Waals surface area (Å²) in [6, 6.07) is 45.6. The van der Waals surface area contributed by atoms with Gasteiger partial charge >= 0.3 is 6.85 Å². The van der Waals surface area contributed by atoms with Crippen molar-refractivity contribution in [3.05, 3.63) is 149 Å². The number of hydrogen-bond acceptors (Lipinski definition) is 2. The summed E-state index contributed by atoms with van der Waals surface area (Å²) >= 11 is 0. The SMILES string of the molecule is CC(C)(C)c1cc(N2c3cc4c(C(C)(C)C)c5ccccc5c(C(C)(C)C)c4cc3B3c4c2cc2c(oc5ccccc52)c4-c2cc(C(C)(C)C)cc4c5cc(C(C)(C)C)ccc5n3c24)cc(C(C)(C)C)c1. The number of hydrogen-bond donors (Lipinski definition) is 0. The fourth-order valence-electron chi connectivity index (χ4n) is 12.8. The molecule has 8 aromatic carbocycles. The monoisotopic (exact) mass is 945 g/mol. The number of furan rings is 1. The Kier molecular flexibility index (Phi) is 9.56. The van der Waals surface area contributed by atoms with E-state index in [1.54, 1.807) is 0 Å². The van der Waals surface area contributed by atoms with Gasteiger partial charge in [-0.3, -0.25) is 0 Å². The summed E-state index contributed by atoms with van der Waals surface area (Å²) < 4.78 is 10.1. The van der Waals surface area contributed by atoms with Gasteiger partial charge in [0.1, 0.15) is 11.2 Å². The van der Waals surface area contributed by atoms with Crippen molar-refractivity contribution in [2.45, 2.75) is 157 Å². The van der Waals surface area contributed by atoms with Gasteiger partial charge in [0.15, 0.2) is 0 Å². The molecule has 2 aromatic heterocycles. The minimum Gasteiger partial charge on any atom is -0.455 e. The number of fused-ring (bicyclic) bond motifs is 13. The third-order valence-corrected chi connectivity index (χ3v) is 16.5. The van der Waals surface area contributed by atoms with Crippen molar-refractivity contribution in [1.82, 2.24) is 4.48 Å². The van der Waals surface area contributed by atoms with Crippen molar-refractivity contribution in [2.24, 2.45) is 0 Å². The Morgan fingerprint density at radius 2 is 0.917 bits per heavy atom. The van der Waals surface area contributed by atoms with Crippen LogP contribution in [-0.2, 0) is 32.5 Å². The summed E-state index contributed by atoms with van der Waals surface area (Å²) in [5.41, 5.74) is 20.7. The van der Waals surface area contributed by atoms with Gasteiger partial charge in [-0.2, -0.15) is 0 Å². The van der Waals surface area contributed by atoms with Gasteiger partial charge in [-0.05, 0) is 153 Å². The van der Waals surface area contributed by atoms with Crippen molar-refractivity contribution in [2.75, 3.05) is 4.90 Å². The number of aromatic nitrogens is 1. The van der Waals surface area contributed by atoms with Crippen LogP contribution in [-0.4, -0.2) is 11.3 Å². The summed E-state index contributed by atoms with van der Waals surface area (Å²) in [5, 5.41) is 10.3. The van der Waals surface area contributed by atoms with E-state index < -0.39 is 0 Å². The molecule has 4 heteroatoms. The molecule has 0 radical (unpaired) electrons. The van der Waals surface area contributed by atoms with Crippen LogP contribution in [0.15, 0.2) is 120 Å². The van der Waals surface area contributed by atoms with Crippen molar-refractivity contribution in [3.63, 3.8) is 0 Å². The maximum absolute atomic E-state index is 7.30. The van der Waals surface area contributed by atoms with Crippen LogP contribution in [0.25, 0.3) is 76.4 Å². The van der Waals surface area contributed by atoms with Gasteiger partial charge in [0.05, 0.1) is 0 Å². The van der Waals surface area contributed by atoms with Crippen LogP contribution >= 0.6 is 0 Å². The van der Waals surface area contributed by atoms with E-state index in [4.69, 9.17) is 4.42 Å². The molecule has 0 saturated heterocycles. The maximum atomic E-state index is 7.30. The average Bonchev–Trinajstić information content (AvgIpc) is 3.82. The number of anilines is 3. The van der Waals surface area contributed by atoms with Crippen LogP contribution in [0.3, 0.4) is 0 Å². The van der Waals surface area contributed by atoms with Crippen molar-refractivity contribution < 1.29 is 4.42 Å². The fraction of sp³-hybridized carbons (Fsp3) is 0.353. The van der Waals surface area contributed by atoms with Crippen molar-refractivity contribution >= 4 is 100 Å². The van der Waals surface area contributed by atoms with Gasteiger partial charge in [0.25, 0.3) is 0 Å². The topological polar surface area (TPSA) is 21.3 Å². The molecular weight excluding hydrogens is 872 g/mol. The Morgan fingerprint density at radius 1 is 0.403 bits per heavy atom. The highest BCUT2D eigenvalue weighted by Gasteiger charge is 2.46. The molecular formula is C68H73BN2O. The minimum absolute atomic E-state index is 0.0227. The fourth-order valence-corrected chi connectivity index (χ4v) is 12.8.